The van der Waals surface area contributed by atoms with Crippen LogP contribution in [0.3, 0.4) is 0 Å². The molecule has 0 fully saturated rings. The number of benzene rings is 3. The average Bonchev–Trinajstić information content (AvgIpc) is 3.01. The molecular formula is C33H38ClN3O5. The molecule has 0 radical (unpaired) electrons. The molecule has 3 aromatic carbocycles. The fraction of sp³-hybridized carbons (Fsp3) is 0.364. The molecule has 0 unspecified atom stereocenters. The van der Waals surface area contributed by atoms with E-state index in [1.807, 2.05) is 54.6 Å². The van der Waals surface area contributed by atoms with E-state index < -0.39 is 29.8 Å². The third-order valence-corrected chi connectivity index (χ3v) is 7.46. The van der Waals surface area contributed by atoms with Gasteiger partial charge in [0.05, 0.1) is 18.8 Å². The standard InChI is InChI=1S/C33H38ClN3O5/c34-27-16-8-6-14-25(27)22-35-32(39)29-23-41-20-10-1-2-11-21-42-30-17-9-7-15-26(30)31(38)36-28(33(40)37-29)19-18-24-12-4-3-5-13-24/h3-9,12-17,28-29H,1-2,10-11,18-23H2,(H,35,39)(H,36,38)(H,37,40)/t28-,29-/m0/s1. The molecule has 3 N–H and O–H groups in total. The van der Waals surface area contributed by atoms with Crippen molar-refractivity contribution in [3.63, 3.8) is 0 Å². The van der Waals surface area contributed by atoms with E-state index in [9.17, 15) is 14.4 Å². The molecule has 4 rings (SSSR count). The molecule has 0 aliphatic carbocycles. The van der Waals surface area contributed by atoms with Crippen molar-refractivity contribution in [3.8, 4) is 5.75 Å². The molecule has 2 atom stereocenters. The number of amides is 3. The number of fused-ring (bicyclic) bond motifs is 1. The molecule has 0 aromatic heterocycles. The first-order valence-electron chi connectivity index (χ1n) is 14.5. The van der Waals surface area contributed by atoms with Crippen molar-refractivity contribution < 1.29 is 23.9 Å². The van der Waals surface area contributed by atoms with E-state index >= 15 is 0 Å². The van der Waals surface area contributed by atoms with Gasteiger partial charge >= 0.3 is 0 Å². The van der Waals surface area contributed by atoms with E-state index in [2.05, 4.69) is 16.0 Å². The summed E-state index contributed by atoms with van der Waals surface area (Å²) >= 11 is 6.26. The summed E-state index contributed by atoms with van der Waals surface area (Å²) < 4.78 is 11.8. The Hall–Kier alpha value is -3.88. The number of hydrogen-bond acceptors (Lipinski definition) is 5. The Morgan fingerprint density at radius 2 is 1.57 bits per heavy atom. The minimum Gasteiger partial charge on any atom is -0.493 e. The lowest BCUT2D eigenvalue weighted by molar-refractivity contribution is -0.131. The van der Waals surface area contributed by atoms with Gasteiger partial charge in [0.1, 0.15) is 17.8 Å². The topological polar surface area (TPSA) is 106 Å². The molecule has 3 amide bonds. The number of ether oxygens (including phenoxy) is 2. The number of carbonyl (C=O) groups excluding carboxylic acids is 3. The van der Waals surface area contributed by atoms with E-state index in [0.717, 1.165) is 36.8 Å². The van der Waals surface area contributed by atoms with E-state index in [1.165, 1.54) is 0 Å². The van der Waals surface area contributed by atoms with Crippen LogP contribution < -0.4 is 20.7 Å². The molecule has 9 heteroatoms. The van der Waals surface area contributed by atoms with Crippen molar-refractivity contribution in [1.29, 1.82) is 0 Å². The fourth-order valence-electron chi connectivity index (χ4n) is 4.69. The van der Waals surface area contributed by atoms with E-state index in [4.69, 9.17) is 21.1 Å². The monoisotopic (exact) mass is 591 g/mol. The number of para-hydroxylation sites is 1. The summed E-state index contributed by atoms with van der Waals surface area (Å²) in [5.74, 6) is -0.808. The Morgan fingerprint density at radius 1 is 0.857 bits per heavy atom. The first-order valence-corrected chi connectivity index (χ1v) is 14.8. The minimum absolute atomic E-state index is 0.00535. The van der Waals surface area contributed by atoms with Gasteiger partial charge in [-0.2, -0.15) is 0 Å². The zero-order chi connectivity index (χ0) is 29.6. The number of halogens is 1. The predicted octanol–water partition coefficient (Wildman–Crippen LogP) is 4.84. The summed E-state index contributed by atoms with van der Waals surface area (Å²) in [6, 6.07) is 22.1. The average molecular weight is 592 g/mol. The summed E-state index contributed by atoms with van der Waals surface area (Å²) in [5, 5.41) is 9.13. The largest absolute Gasteiger partial charge is 0.493 e. The quantitative estimate of drug-likeness (QED) is 0.380. The van der Waals surface area contributed by atoms with Crippen LogP contribution in [0.4, 0.5) is 0 Å². The maximum absolute atomic E-state index is 13.7. The zero-order valence-corrected chi connectivity index (χ0v) is 24.4. The molecule has 1 aliphatic rings. The minimum atomic E-state index is -0.956. The molecule has 0 saturated carbocycles. The Kier molecular flexibility index (Phi) is 12.2. The Labute approximate surface area is 252 Å². The Balaban J connectivity index is 1.54. The maximum Gasteiger partial charge on any atom is 0.255 e. The van der Waals surface area contributed by atoms with Crippen LogP contribution in [-0.2, 0) is 27.3 Å². The highest BCUT2D eigenvalue weighted by Crippen LogP contribution is 2.19. The lowest BCUT2D eigenvalue weighted by atomic mass is 10.0. The number of hydrogen-bond donors (Lipinski definition) is 3. The number of aryl methyl sites for hydroxylation is 1. The predicted molar refractivity (Wildman–Crippen MR) is 162 cm³/mol. The third kappa shape index (κ3) is 9.60. The Morgan fingerprint density at radius 3 is 2.38 bits per heavy atom. The van der Waals surface area contributed by atoms with Crippen LogP contribution in [0.5, 0.6) is 5.75 Å². The number of carbonyl (C=O) groups is 3. The van der Waals surface area contributed by atoms with E-state index in [-0.39, 0.29) is 13.2 Å². The van der Waals surface area contributed by atoms with Crippen LogP contribution in [-0.4, -0.2) is 49.6 Å². The lowest BCUT2D eigenvalue weighted by Gasteiger charge is -2.24. The fourth-order valence-corrected chi connectivity index (χ4v) is 4.89. The van der Waals surface area contributed by atoms with Gasteiger partial charge in [-0.15, -0.1) is 0 Å². The van der Waals surface area contributed by atoms with Crippen LogP contribution in [0.15, 0.2) is 78.9 Å². The molecule has 0 spiro atoms. The van der Waals surface area contributed by atoms with E-state index in [0.29, 0.717) is 42.4 Å². The van der Waals surface area contributed by atoms with Gasteiger partial charge < -0.3 is 25.4 Å². The lowest BCUT2D eigenvalue weighted by Crippen LogP contribution is -2.55. The number of nitrogens with one attached hydrogen (secondary N) is 3. The highest BCUT2D eigenvalue weighted by atomic mass is 35.5. The second-order valence-electron chi connectivity index (χ2n) is 10.3. The zero-order valence-electron chi connectivity index (χ0n) is 23.7. The summed E-state index contributed by atoms with van der Waals surface area (Å²) in [4.78, 5) is 40.4. The van der Waals surface area contributed by atoms with Gasteiger partial charge in [-0.3, -0.25) is 14.4 Å². The molecule has 3 aromatic rings. The van der Waals surface area contributed by atoms with Crippen molar-refractivity contribution >= 4 is 29.3 Å². The second kappa shape index (κ2) is 16.5. The molecule has 0 saturated heterocycles. The molecular weight excluding hydrogens is 554 g/mol. The van der Waals surface area contributed by atoms with Gasteiger partial charge in [0.25, 0.3) is 5.91 Å². The molecule has 0 bridgehead atoms. The molecule has 1 heterocycles. The van der Waals surface area contributed by atoms with Crippen molar-refractivity contribution in [2.45, 2.75) is 57.2 Å². The maximum atomic E-state index is 13.7. The smallest absolute Gasteiger partial charge is 0.255 e. The highest BCUT2D eigenvalue weighted by Gasteiger charge is 2.28. The Bertz CT molecular complexity index is 1320. The first kappa shape index (κ1) is 31.1. The van der Waals surface area contributed by atoms with Gasteiger partial charge in [0, 0.05) is 18.2 Å². The SMILES string of the molecule is O=C1N[C@@H](CCc2ccccc2)C(=O)N[C@H](C(=O)NCc2ccccc2Cl)COCCCCCCOc2ccccc21. The molecule has 8 nitrogen and oxygen atoms in total. The van der Waals surface area contributed by atoms with Gasteiger partial charge in [0.15, 0.2) is 0 Å². The third-order valence-electron chi connectivity index (χ3n) is 7.09. The van der Waals surface area contributed by atoms with Crippen LogP contribution in [0.1, 0.15) is 53.6 Å². The van der Waals surface area contributed by atoms with Crippen LogP contribution in [0.25, 0.3) is 0 Å². The van der Waals surface area contributed by atoms with Crippen molar-refractivity contribution in [2.75, 3.05) is 19.8 Å². The van der Waals surface area contributed by atoms with Crippen molar-refractivity contribution in [3.05, 3.63) is 101 Å². The normalized spacial score (nSPS) is 18.9. The van der Waals surface area contributed by atoms with Crippen LogP contribution >= 0.6 is 11.6 Å². The van der Waals surface area contributed by atoms with Crippen LogP contribution in [0, 0.1) is 0 Å². The van der Waals surface area contributed by atoms with Gasteiger partial charge in [-0.25, -0.2) is 0 Å². The summed E-state index contributed by atoms with van der Waals surface area (Å²) in [6.07, 6.45) is 4.41. The van der Waals surface area contributed by atoms with Crippen molar-refractivity contribution in [1.82, 2.24) is 16.0 Å². The molecule has 1 aliphatic heterocycles. The molecule has 222 valence electrons. The summed E-state index contributed by atoms with van der Waals surface area (Å²) in [5.41, 5.74) is 2.15. The summed E-state index contributed by atoms with van der Waals surface area (Å²) in [7, 11) is 0. The van der Waals surface area contributed by atoms with E-state index in [1.54, 1.807) is 24.3 Å². The van der Waals surface area contributed by atoms with Gasteiger partial charge in [-0.1, -0.05) is 78.7 Å². The highest BCUT2D eigenvalue weighted by molar-refractivity contribution is 6.31. The molecule has 42 heavy (non-hydrogen) atoms. The summed E-state index contributed by atoms with van der Waals surface area (Å²) in [6.45, 7) is 1.15. The van der Waals surface area contributed by atoms with Crippen LogP contribution in [0.2, 0.25) is 5.02 Å². The second-order valence-corrected chi connectivity index (χ2v) is 10.7. The first-order chi connectivity index (χ1) is 20.5. The number of rotatable bonds is 6. The van der Waals surface area contributed by atoms with Crippen molar-refractivity contribution in [2.24, 2.45) is 0 Å². The van der Waals surface area contributed by atoms with Gasteiger partial charge in [-0.05, 0) is 61.4 Å². The van der Waals surface area contributed by atoms with Gasteiger partial charge in [0.2, 0.25) is 11.8 Å².